The van der Waals surface area contributed by atoms with E-state index in [-0.39, 0.29) is 64.2 Å². The van der Waals surface area contributed by atoms with Crippen LogP contribution >= 0.6 is 12.4 Å². The highest BCUT2D eigenvalue weighted by Crippen LogP contribution is 2.47. The average Bonchev–Trinajstić information content (AvgIpc) is 3.81. The average molecular weight is 809 g/mol. The molecule has 0 unspecified atom stereocenters. The molecule has 57 heavy (non-hydrogen) atoms. The fraction of sp³-hybridized carbons (Fsp3) is 0.659. The summed E-state index contributed by atoms with van der Waals surface area (Å²) in [6.07, 6.45) is 15.4. The number of carbonyl (C=O) groups excluding carboxylic acids is 4. The van der Waals surface area contributed by atoms with Gasteiger partial charge in [0.15, 0.2) is 5.78 Å². The topological polar surface area (TPSA) is 179 Å². The van der Waals surface area contributed by atoms with E-state index in [0.29, 0.717) is 24.6 Å². The smallest absolute Gasteiger partial charge is 0.229 e. The number of hydrogen-bond acceptors (Lipinski definition) is 9. The molecule has 6 fully saturated rings. The number of aryl methyl sites for hydroxylation is 1. The summed E-state index contributed by atoms with van der Waals surface area (Å²) >= 11 is 0. The highest BCUT2D eigenvalue weighted by atomic mass is 35.5. The summed E-state index contributed by atoms with van der Waals surface area (Å²) in [5.41, 5.74) is 14.0. The first kappa shape index (κ1) is 44.4. The minimum atomic E-state index is -0.211. The van der Waals surface area contributed by atoms with Crippen molar-refractivity contribution in [1.82, 2.24) is 20.5 Å². The van der Waals surface area contributed by atoms with Crippen LogP contribution in [-0.4, -0.2) is 79.3 Å². The number of halogens is 1. The normalized spacial score (nSPS) is 30.4. The first-order chi connectivity index (χ1) is 26.9. The standard InChI is InChI=1S/C18H26N2O3.C17H22N2O2.C9H16N2O.ClH/c1-22-15-6-5-13(16(10-15)23-2)12-20-9-8-18(17(20)21)7-3-4-14(19)11-18;1-12-4-2-6-14(19-12)15(20)10-13-5-3-7-17(11-13)8-9-18-16(17)21;10-7-2-1-3-9(6-7)4-5-11-8(9)12;/h5-6,10,14H,3-4,7-9,11-12,19H2,1-2H3;2,4,6,13H,3,5,7-11H2,1H3,(H,18,21);7H,1-6,10H2,(H,11,12);1H/t14-,18-;13-,17+;7-,9-;/m010./s1. The molecule has 8 rings (SSSR count). The summed E-state index contributed by atoms with van der Waals surface area (Å²) in [7, 11) is 3.28. The Labute approximate surface area is 344 Å². The van der Waals surface area contributed by atoms with Crippen LogP contribution < -0.4 is 31.6 Å². The molecule has 3 saturated carbocycles. The minimum absolute atomic E-state index is 0. The van der Waals surface area contributed by atoms with Gasteiger partial charge in [-0.1, -0.05) is 25.3 Å². The highest BCUT2D eigenvalue weighted by Gasteiger charge is 2.49. The van der Waals surface area contributed by atoms with E-state index < -0.39 is 0 Å². The highest BCUT2D eigenvalue weighted by molar-refractivity contribution is 5.94. The molecule has 3 aliphatic heterocycles. The van der Waals surface area contributed by atoms with Crippen LogP contribution in [0.25, 0.3) is 0 Å². The van der Waals surface area contributed by atoms with Crippen molar-refractivity contribution in [2.75, 3.05) is 33.9 Å². The van der Waals surface area contributed by atoms with Gasteiger partial charge in [-0.3, -0.25) is 24.2 Å². The molecular weight excluding hydrogens is 744 g/mol. The molecule has 0 radical (unpaired) electrons. The number of methoxy groups -OCH3 is 2. The van der Waals surface area contributed by atoms with Gasteiger partial charge in [0.05, 0.1) is 30.5 Å². The number of benzene rings is 1. The van der Waals surface area contributed by atoms with Gasteiger partial charge >= 0.3 is 0 Å². The first-order valence-electron chi connectivity index (χ1n) is 20.9. The number of nitrogens with two attached hydrogens (primary N) is 2. The van der Waals surface area contributed by atoms with Crippen molar-refractivity contribution >= 4 is 35.9 Å². The number of nitrogens with one attached hydrogen (secondary N) is 2. The summed E-state index contributed by atoms with van der Waals surface area (Å²) in [6, 6.07) is 11.7. The van der Waals surface area contributed by atoms with Gasteiger partial charge in [0.25, 0.3) is 0 Å². The van der Waals surface area contributed by atoms with E-state index in [1.807, 2.05) is 42.2 Å². The van der Waals surface area contributed by atoms with Gasteiger partial charge in [0.2, 0.25) is 17.7 Å². The lowest BCUT2D eigenvalue weighted by Gasteiger charge is -2.35. The molecule has 314 valence electrons. The number of Topliss-reactive ketones (excluding diaryl/α,β-unsaturated/α-hetero) is 1. The van der Waals surface area contributed by atoms with Crippen molar-refractivity contribution in [2.45, 2.75) is 128 Å². The Kier molecular flexibility index (Phi) is 15.1. The summed E-state index contributed by atoms with van der Waals surface area (Å²) < 4.78 is 10.7. The number of nitrogens with zero attached hydrogens (tertiary/aromatic N) is 2. The van der Waals surface area contributed by atoms with E-state index in [1.54, 1.807) is 20.3 Å². The summed E-state index contributed by atoms with van der Waals surface area (Å²) in [5, 5.41) is 5.86. The van der Waals surface area contributed by atoms with Crippen molar-refractivity contribution in [1.29, 1.82) is 0 Å². The Morgan fingerprint density at radius 3 is 2.00 bits per heavy atom. The molecule has 0 bridgehead atoms. The van der Waals surface area contributed by atoms with E-state index in [2.05, 4.69) is 15.6 Å². The number of rotatable bonds is 7. The molecule has 1 aromatic heterocycles. The number of likely N-dealkylation sites (tertiary alicyclic amines) is 1. The van der Waals surface area contributed by atoms with Gasteiger partial charge in [-0.25, -0.2) is 0 Å². The van der Waals surface area contributed by atoms with Gasteiger partial charge in [-0.15, -0.1) is 12.4 Å². The van der Waals surface area contributed by atoms with Crippen molar-refractivity contribution < 1.29 is 28.7 Å². The lowest BCUT2D eigenvalue weighted by Crippen LogP contribution is -2.42. The Balaban J connectivity index is 0.000000169. The van der Waals surface area contributed by atoms with Crippen LogP contribution in [0.3, 0.4) is 0 Å². The molecule has 3 aliphatic carbocycles. The van der Waals surface area contributed by atoms with E-state index in [0.717, 1.165) is 139 Å². The minimum Gasteiger partial charge on any atom is -0.497 e. The number of ether oxygens (including phenoxy) is 2. The Morgan fingerprint density at radius 1 is 0.807 bits per heavy atom. The predicted molar refractivity (Wildman–Crippen MR) is 222 cm³/mol. The molecule has 3 saturated heterocycles. The molecule has 6 N–H and O–H groups in total. The molecule has 1 aromatic carbocycles. The van der Waals surface area contributed by atoms with Crippen LogP contribution in [-0.2, 0) is 20.9 Å². The third-order valence-electron chi connectivity index (χ3n) is 13.6. The number of aromatic nitrogens is 1. The maximum absolute atomic E-state index is 13.0. The largest absolute Gasteiger partial charge is 0.497 e. The Hall–Kier alpha value is -3.74. The van der Waals surface area contributed by atoms with Gasteiger partial charge in [0, 0.05) is 62.0 Å². The predicted octanol–water partition coefficient (Wildman–Crippen LogP) is 5.80. The van der Waals surface area contributed by atoms with Crippen molar-refractivity contribution in [3.05, 3.63) is 53.3 Å². The number of carbonyl (C=O) groups is 4. The van der Waals surface area contributed by atoms with Crippen molar-refractivity contribution in [3.63, 3.8) is 0 Å². The molecule has 6 aliphatic rings. The lowest BCUT2D eigenvalue weighted by atomic mass is 9.67. The first-order valence-corrected chi connectivity index (χ1v) is 20.9. The molecule has 3 spiro atoms. The maximum Gasteiger partial charge on any atom is 0.229 e. The summed E-state index contributed by atoms with van der Waals surface area (Å²) in [6.45, 7) is 4.93. The van der Waals surface area contributed by atoms with Crippen LogP contribution in [0.1, 0.15) is 124 Å². The Morgan fingerprint density at radius 2 is 1.42 bits per heavy atom. The molecule has 4 heterocycles. The molecule has 6 atom stereocenters. The van der Waals surface area contributed by atoms with E-state index in [9.17, 15) is 19.2 Å². The third kappa shape index (κ3) is 10.3. The third-order valence-corrected chi connectivity index (χ3v) is 13.6. The second-order valence-corrected chi connectivity index (χ2v) is 17.5. The molecule has 13 heteroatoms. The van der Waals surface area contributed by atoms with E-state index in [4.69, 9.17) is 20.9 Å². The summed E-state index contributed by atoms with van der Waals surface area (Å²) in [4.78, 5) is 55.2. The molecule has 3 amide bonds. The van der Waals surface area contributed by atoms with Crippen LogP contribution in [0.15, 0.2) is 36.4 Å². The monoisotopic (exact) mass is 808 g/mol. The SMILES string of the molecule is COc1ccc(CN2CC[C@]3(CCC[C@H](N)C3)C2=O)c(OC)c1.Cc1cccc(C(=O)C[C@H]2CCC[C@]3(CCNC3=O)C2)n1.Cl.N[C@H]1CCC[C@]2(CCNC2=O)C1. The molecule has 2 aromatic rings. The Bertz CT molecular complexity index is 1740. The zero-order chi connectivity index (χ0) is 39.9. The summed E-state index contributed by atoms with van der Waals surface area (Å²) in [5.74, 6) is 2.67. The second kappa shape index (κ2) is 19.3. The quantitative estimate of drug-likeness (QED) is 0.252. The molecule has 12 nitrogen and oxygen atoms in total. The second-order valence-electron chi connectivity index (χ2n) is 17.5. The maximum atomic E-state index is 13.0. The van der Waals surface area contributed by atoms with E-state index >= 15 is 0 Å². The zero-order valence-electron chi connectivity index (χ0n) is 34.2. The van der Waals surface area contributed by atoms with Gasteiger partial charge in [0.1, 0.15) is 17.2 Å². The number of hydrogen-bond donors (Lipinski definition) is 4. The van der Waals surface area contributed by atoms with Crippen LogP contribution in [0.4, 0.5) is 0 Å². The number of amides is 3. The fourth-order valence-corrected chi connectivity index (χ4v) is 10.5. The van der Waals surface area contributed by atoms with Crippen LogP contribution in [0, 0.1) is 29.1 Å². The van der Waals surface area contributed by atoms with E-state index in [1.165, 1.54) is 0 Å². The zero-order valence-corrected chi connectivity index (χ0v) is 35.1. The van der Waals surface area contributed by atoms with Crippen molar-refractivity contribution in [2.24, 2.45) is 33.6 Å². The van der Waals surface area contributed by atoms with Crippen LogP contribution in [0.2, 0.25) is 0 Å². The lowest BCUT2D eigenvalue weighted by molar-refractivity contribution is -0.138. The fourth-order valence-electron chi connectivity index (χ4n) is 10.5. The number of ketones is 1. The van der Waals surface area contributed by atoms with Crippen LogP contribution in [0.5, 0.6) is 11.5 Å². The van der Waals surface area contributed by atoms with Gasteiger partial charge in [-0.2, -0.15) is 0 Å². The van der Waals surface area contributed by atoms with Crippen molar-refractivity contribution in [3.8, 4) is 11.5 Å². The van der Waals surface area contributed by atoms with Gasteiger partial charge < -0.3 is 36.5 Å². The molecular formula is C44H65ClN6O6. The van der Waals surface area contributed by atoms with Gasteiger partial charge in [-0.05, 0) is 114 Å². The number of pyridine rings is 1.